The van der Waals surface area contributed by atoms with Crippen LogP contribution in [0.5, 0.6) is 5.75 Å². The molecule has 1 saturated heterocycles. The number of rotatable bonds is 11. The van der Waals surface area contributed by atoms with E-state index >= 15 is 0 Å². The Bertz CT molecular complexity index is 1880. The first-order valence-corrected chi connectivity index (χ1v) is 16.7. The molecule has 0 aliphatic carbocycles. The molecule has 6 rings (SSSR count). The molecule has 1 amide bonds. The topological polar surface area (TPSA) is 110 Å². The van der Waals surface area contributed by atoms with Gasteiger partial charge in [-0.3, -0.25) is 14.5 Å². The molecule has 0 spiro atoms. The summed E-state index contributed by atoms with van der Waals surface area (Å²) in [5.41, 5.74) is 4.20. The zero-order chi connectivity index (χ0) is 31.5. The quantitative estimate of drug-likeness (QED) is 0.0401. The Balaban J connectivity index is 1.40. The summed E-state index contributed by atoms with van der Waals surface area (Å²) in [6, 6.07) is 20.2. The summed E-state index contributed by atoms with van der Waals surface area (Å²) in [5, 5.41) is 20.7. The normalized spacial score (nSPS) is 16.2. The molecule has 1 unspecified atom stereocenters. The number of ketones is 1. The largest absolute Gasteiger partial charge is 0.505 e. The molecule has 2 aromatic carbocycles. The van der Waals surface area contributed by atoms with Crippen LogP contribution >= 0.6 is 23.1 Å². The SMILES string of the molecule is CCCCCOc1ccc(C2C(=C(O)c3nc4c(C)cccn4c3C)C(=O)C(=O)N2c2nnc(SCc3ccccc3)s2)cc1. The van der Waals surface area contributed by atoms with Gasteiger partial charge in [-0.25, -0.2) is 4.98 Å². The van der Waals surface area contributed by atoms with Crippen molar-refractivity contribution in [3.8, 4) is 5.75 Å². The van der Waals surface area contributed by atoms with Gasteiger partial charge >= 0.3 is 5.91 Å². The average Bonchev–Trinajstić information content (AvgIpc) is 3.74. The van der Waals surface area contributed by atoms with Crippen LogP contribution in [0.15, 0.2) is 82.8 Å². The van der Waals surface area contributed by atoms with Crippen molar-refractivity contribution in [1.29, 1.82) is 0 Å². The molecule has 4 heterocycles. The Hall–Kier alpha value is -4.48. The van der Waals surface area contributed by atoms with Crippen molar-refractivity contribution in [3.63, 3.8) is 0 Å². The number of aliphatic hydroxyl groups is 1. The molecule has 0 bridgehead atoms. The molecule has 5 aromatic rings. The second kappa shape index (κ2) is 13.3. The molecule has 230 valence electrons. The number of anilines is 1. The number of nitrogens with zero attached hydrogens (tertiary/aromatic N) is 5. The van der Waals surface area contributed by atoms with E-state index in [2.05, 4.69) is 22.1 Å². The van der Waals surface area contributed by atoms with Crippen LogP contribution in [0.4, 0.5) is 5.13 Å². The number of hydrogen-bond acceptors (Lipinski definition) is 9. The molecule has 1 N–H and O–H groups in total. The second-order valence-corrected chi connectivity index (χ2v) is 13.0. The van der Waals surface area contributed by atoms with E-state index in [1.165, 1.54) is 28.0 Å². The maximum absolute atomic E-state index is 13.8. The van der Waals surface area contributed by atoms with Crippen LogP contribution in [-0.2, 0) is 15.3 Å². The molecule has 1 aliphatic heterocycles. The number of unbranched alkanes of at least 4 members (excludes halogenated alkanes) is 2. The van der Waals surface area contributed by atoms with Crippen LogP contribution in [0.3, 0.4) is 0 Å². The van der Waals surface area contributed by atoms with E-state index in [0.29, 0.717) is 39.4 Å². The number of carbonyl (C=O) groups excluding carboxylic acids is 2. The minimum Gasteiger partial charge on any atom is -0.505 e. The molecule has 0 saturated carbocycles. The number of aliphatic hydroxyl groups excluding tert-OH is 1. The van der Waals surface area contributed by atoms with E-state index in [1.54, 1.807) is 0 Å². The predicted molar refractivity (Wildman–Crippen MR) is 177 cm³/mol. The van der Waals surface area contributed by atoms with E-state index < -0.39 is 17.7 Å². The van der Waals surface area contributed by atoms with Crippen LogP contribution < -0.4 is 9.64 Å². The number of Topliss-reactive ketones (excluding diaryl/α,β-unsaturated/α-hetero) is 1. The minimum atomic E-state index is -0.940. The molecule has 1 aliphatic rings. The first-order valence-electron chi connectivity index (χ1n) is 14.9. The lowest BCUT2D eigenvalue weighted by Gasteiger charge is -2.22. The summed E-state index contributed by atoms with van der Waals surface area (Å²) in [4.78, 5) is 33.5. The van der Waals surface area contributed by atoms with E-state index in [9.17, 15) is 14.7 Å². The second-order valence-electron chi connectivity index (χ2n) is 10.8. The maximum atomic E-state index is 13.8. The fraction of sp³-hybridized carbons (Fsp3) is 0.265. The van der Waals surface area contributed by atoms with Crippen LogP contribution in [0.2, 0.25) is 0 Å². The highest BCUT2D eigenvalue weighted by Crippen LogP contribution is 2.44. The number of fused-ring (bicyclic) bond motifs is 1. The number of thioether (sulfide) groups is 1. The molecular formula is C34H33N5O4S2. The van der Waals surface area contributed by atoms with Gasteiger partial charge < -0.3 is 14.2 Å². The van der Waals surface area contributed by atoms with Gasteiger partial charge in [0.2, 0.25) is 5.13 Å². The third-order valence-electron chi connectivity index (χ3n) is 7.77. The van der Waals surface area contributed by atoms with Gasteiger partial charge in [-0.05, 0) is 55.2 Å². The summed E-state index contributed by atoms with van der Waals surface area (Å²) >= 11 is 2.74. The number of benzene rings is 2. The van der Waals surface area contributed by atoms with Crippen LogP contribution in [0, 0.1) is 13.8 Å². The fourth-order valence-corrected chi connectivity index (χ4v) is 7.21. The Labute approximate surface area is 269 Å². The van der Waals surface area contributed by atoms with Gasteiger partial charge in [-0.2, -0.15) is 0 Å². The zero-order valence-electron chi connectivity index (χ0n) is 25.3. The van der Waals surface area contributed by atoms with Crippen LogP contribution in [-0.4, -0.2) is 43.0 Å². The Kier molecular flexibility index (Phi) is 8.99. The third kappa shape index (κ3) is 6.10. The zero-order valence-corrected chi connectivity index (χ0v) is 26.9. The predicted octanol–water partition coefficient (Wildman–Crippen LogP) is 7.29. The summed E-state index contributed by atoms with van der Waals surface area (Å²) in [7, 11) is 0. The molecule has 3 aromatic heterocycles. The highest BCUT2D eigenvalue weighted by Gasteiger charge is 2.49. The number of aromatic nitrogens is 4. The Morgan fingerprint density at radius 2 is 1.78 bits per heavy atom. The van der Waals surface area contributed by atoms with Gasteiger partial charge in [-0.1, -0.05) is 91.4 Å². The van der Waals surface area contributed by atoms with Crippen molar-refractivity contribution >= 4 is 51.3 Å². The maximum Gasteiger partial charge on any atom is 0.301 e. The van der Waals surface area contributed by atoms with Crippen molar-refractivity contribution in [1.82, 2.24) is 19.6 Å². The van der Waals surface area contributed by atoms with Crippen LogP contribution in [0.25, 0.3) is 11.4 Å². The van der Waals surface area contributed by atoms with Crippen molar-refractivity contribution < 1.29 is 19.4 Å². The highest BCUT2D eigenvalue weighted by molar-refractivity contribution is 8.00. The van der Waals surface area contributed by atoms with Crippen LogP contribution in [0.1, 0.15) is 60.3 Å². The number of amides is 1. The van der Waals surface area contributed by atoms with Gasteiger partial charge in [0.25, 0.3) is 5.78 Å². The number of ether oxygens (including phenoxy) is 1. The van der Waals surface area contributed by atoms with E-state index in [4.69, 9.17) is 4.74 Å². The van der Waals surface area contributed by atoms with Gasteiger partial charge in [0.1, 0.15) is 17.1 Å². The first-order chi connectivity index (χ1) is 21.9. The minimum absolute atomic E-state index is 0.0468. The lowest BCUT2D eigenvalue weighted by Crippen LogP contribution is -2.29. The van der Waals surface area contributed by atoms with Gasteiger partial charge in [-0.15, -0.1) is 10.2 Å². The lowest BCUT2D eigenvalue weighted by atomic mass is 9.96. The van der Waals surface area contributed by atoms with Gasteiger partial charge in [0.15, 0.2) is 10.1 Å². The average molecular weight is 640 g/mol. The van der Waals surface area contributed by atoms with E-state index in [1.807, 2.05) is 91.2 Å². The monoisotopic (exact) mass is 639 g/mol. The van der Waals surface area contributed by atoms with Crippen molar-refractivity contribution in [2.24, 2.45) is 0 Å². The molecule has 45 heavy (non-hydrogen) atoms. The number of imidazole rings is 1. The molecule has 1 atom stereocenters. The number of carbonyl (C=O) groups is 2. The summed E-state index contributed by atoms with van der Waals surface area (Å²) in [6.07, 6.45) is 5.00. The number of hydrogen-bond donors (Lipinski definition) is 1. The summed E-state index contributed by atoms with van der Waals surface area (Å²) in [6.45, 7) is 6.50. The van der Waals surface area contributed by atoms with Crippen molar-refractivity contribution in [2.45, 2.75) is 56.2 Å². The summed E-state index contributed by atoms with van der Waals surface area (Å²) < 4.78 is 8.43. The smallest absolute Gasteiger partial charge is 0.301 e. The lowest BCUT2D eigenvalue weighted by molar-refractivity contribution is -0.132. The van der Waals surface area contributed by atoms with E-state index in [0.717, 1.165) is 30.4 Å². The van der Waals surface area contributed by atoms with E-state index in [-0.39, 0.29) is 22.2 Å². The molecule has 9 nitrogen and oxygen atoms in total. The Morgan fingerprint density at radius 3 is 2.51 bits per heavy atom. The number of aryl methyl sites for hydroxylation is 2. The molecule has 1 fully saturated rings. The first kappa shape index (κ1) is 30.5. The molecule has 11 heteroatoms. The number of pyridine rings is 1. The summed E-state index contributed by atoms with van der Waals surface area (Å²) in [5.74, 6) is -0.545. The van der Waals surface area contributed by atoms with Crippen molar-refractivity contribution in [3.05, 3.63) is 107 Å². The standard InChI is InChI=1S/C34H33N5O4S2/c1-4-5-9-19-43-25-16-14-24(15-17-25)28-26(29(40)27-22(3)38-18-10-11-21(2)31(38)35-27)30(41)32(42)39(28)33-36-37-34(45-33)44-20-23-12-7-6-8-13-23/h6-8,10-18,28,40H,4-5,9,19-20H2,1-3H3. The molecular weight excluding hydrogens is 607 g/mol. The van der Waals surface area contributed by atoms with Crippen molar-refractivity contribution in [2.75, 3.05) is 11.5 Å². The molecule has 0 radical (unpaired) electrons. The van der Waals surface area contributed by atoms with Gasteiger partial charge in [0, 0.05) is 11.9 Å². The third-order valence-corrected chi connectivity index (χ3v) is 9.90. The Morgan fingerprint density at radius 1 is 1.00 bits per heavy atom. The van der Waals surface area contributed by atoms with Gasteiger partial charge in [0.05, 0.1) is 23.9 Å². The highest BCUT2D eigenvalue weighted by atomic mass is 32.2. The fourth-order valence-electron chi connectivity index (χ4n) is 5.39.